The first-order valence-electron chi connectivity index (χ1n) is 10.8. The lowest BCUT2D eigenvalue weighted by Gasteiger charge is -2.30. The number of rotatable bonds is 4. The Morgan fingerprint density at radius 1 is 1.19 bits per heavy atom. The number of hydrazine groups is 2. The topological polar surface area (TPSA) is 106 Å². The number of ether oxygens (including phenoxy) is 1. The Bertz CT molecular complexity index is 1080. The van der Waals surface area contributed by atoms with Crippen molar-refractivity contribution in [1.29, 1.82) is 0 Å². The molecule has 0 saturated heterocycles. The van der Waals surface area contributed by atoms with E-state index in [-0.39, 0.29) is 12.5 Å². The number of carbonyl (C=O) groups excluding carboxylic acids is 1. The lowest BCUT2D eigenvalue weighted by molar-refractivity contribution is -0.118. The van der Waals surface area contributed by atoms with E-state index in [0.717, 1.165) is 47.9 Å². The fourth-order valence-corrected chi connectivity index (χ4v) is 4.91. The van der Waals surface area contributed by atoms with Gasteiger partial charge in [0, 0.05) is 29.9 Å². The van der Waals surface area contributed by atoms with Crippen LogP contribution in [-0.2, 0) is 4.79 Å². The van der Waals surface area contributed by atoms with Crippen LogP contribution in [0.25, 0.3) is 5.70 Å². The van der Waals surface area contributed by atoms with E-state index in [1.165, 1.54) is 24.2 Å². The lowest BCUT2D eigenvalue weighted by atomic mass is 9.79. The first kappa shape index (κ1) is 18.3. The zero-order chi connectivity index (χ0) is 20.8. The van der Waals surface area contributed by atoms with Crippen LogP contribution in [0, 0.1) is 11.8 Å². The van der Waals surface area contributed by atoms with Gasteiger partial charge in [0.05, 0.1) is 17.1 Å². The average molecular weight is 419 g/mol. The number of nitrogens with zero attached hydrogens (tertiary/aromatic N) is 2. The van der Waals surface area contributed by atoms with Crippen molar-refractivity contribution in [1.82, 2.24) is 21.0 Å². The van der Waals surface area contributed by atoms with Gasteiger partial charge >= 0.3 is 0 Å². The van der Waals surface area contributed by atoms with Crippen LogP contribution in [0.1, 0.15) is 31.2 Å². The second-order valence-electron chi connectivity index (χ2n) is 8.50. The standard InChI is InChI=1S/C22H25N7O2/c30-19-11-31-18-6-5-15(9-17(18)26-19)24-10-13-1-3-14(4-2-13)20-21-16-7-8-23-22(16)25-12-29(21)28-27-20/h5-9,12-14,23-24,27-28H,1-4,10-11H2,(H,26,30). The summed E-state index contributed by atoms with van der Waals surface area (Å²) in [7, 11) is 0. The quantitative estimate of drug-likeness (QED) is 0.522. The molecule has 160 valence electrons. The molecule has 0 unspecified atom stereocenters. The Kier molecular flexibility index (Phi) is 4.34. The molecule has 6 rings (SSSR count). The van der Waals surface area contributed by atoms with Gasteiger partial charge in [0.1, 0.15) is 17.9 Å². The fourth-order valence-electron chi connectivity index (χ4n) is 4.91. The van der Waals surface area contributed by atoms with E-state index in [1.54, 1.807) is 0 Å². The molecular weight excluding hydrogens is 394 g/mol. The summed E-state index contributed by atoms with van der Waals surface area (Å²) in [4.78, 5) is 19.2. The van der Waals surface area contributed by atoms with Gasteiger partial charge in [0.25, 0.3) is 5.91 Å². The summed E-state index contributed by atoms with van der Waals surface area (Å²) in [5, 5.41) is 8.38. The third kappa shape index (κ3) is 3.31. The second-order valence-corrected chi connectivity index (χ2v) is 8.50. The number of anilines is 2. The maximum absolute atomic E-state index is 11.5. The third-order valence-corrected chi connectivity index (χ3v) is 6.55. The Morgan fingerprint density at radius 3 is 3.00 bits per heavy atom. The van der Waals surface area contributed by atoms with Crippen LogP contribution in [-0.4, -0.2) is 35.4 Å². The first-order chi connectivity index (χ1) is 15.2. The highest BCUT2D eigenvalue weighted by molar-refractivity contribution is 5.96. The Labute approximate surface area is 179 Å². The van der Waals surface area contributed by atoms with Gasteiger partial charge in [-0.15, -0.1) is 5.53 Å². The Balaban J connectivity index is 1.08. The van der Waals surface area contributed by atoms with Crippen LogP contribution in [0.5, 0.6) is 5.75 Å². The van der Waals surface area contributed by atoms with Gasteiger partial charge in [-0.25, -0.2) is 10.0 Å². The zero-order valence-corrected chi connectivity index (χ0v) is 17.1. The number of carbonyl (C=O) groups is 1. The van der Waals surface area contributed by atoms with E-state index in [9.17, 15) is 4.79 Å². The van der Waals surface area contributed by atoms with E-state index in [1.807, 2.05) is 35.7 Å². The van der Waals surface area contributed by atoms with Crippen molar-refractivity contribution in [3.8, 4) is 5.75 Å². The lowest BCUT2D eigenvalue weighted by Crippen LogP contribution is -2.38. The number of hydrogen-bond acceptors (Lipinski definition) is 7. The normalized spacial score (nSPS) is 24.0. The molecule has 1 fully saturated rings. The maximum Gasteiger partial charge on any atom is 0.262 e. The van der Waals surface area contributed by atoms with Gasteiger partial charge in [-0.3, -0.25) is 4.79 Å². The minimum atomic E-state index is -0.108. The molecule has 3 aliphatic heterocycles. The van der Waals surface area contributed by atoms with Crippen molar-refractivity contribution in [2.24, 2.45) is 16.8 Å². The summed E-state index contributed by atoms with van der Waals surface area (Å²) in [6.07, 6.45) is 8.41. The third-order valence-electron chi connectivity index (χ3n) is 6.55. The second kappa shape index (κ2) is 7.35. The molecular formula is C22H25N7O2. The van der Waals surface area contributed by atoms with E-state index < -0.39 is 0 Å². The molecule has 4 heterocycles. The number of nitrogens with one attached hydrogen (secondary N) is 5. The molecule has 1 aromatic carbocycles. The molecule has 5 N–H and O–H groups in total. The van der Waals surface area contributed by atoms with Crippen molar-refractivity contribution in [2.45, 2.75) is 25.7 Å². The van der Waals surface area contributed by atoms with Crippen molar-refractivity contribution in [3.05, 3.63) is 41.7 Å². The summed E-state index contributed by atoms with van der Waals surface area (Å²) < 4.78 is 5.43. The molecule has 9 heteroatoms. The largest absolute Gasteiger partial charge is 0.482 e. The van der Waals surface area contributed by atoms with Gasteiger partial charge in [-0.2, -0.15) is 0 Å². The van der Waals surface area contributed by atoms with Crippen LogP contribution in [0.4, 0.5) is 17.2 Å². The average Bonchev–Trinajstić information content (AvgIpc) is 3.44. The summed E-state index contributed by atoms with van der Waals surface area (Å²) in [6.45, 7) is 1.01. The Hall–Kier alpha value is -3.46. The number of fused-ring (bicyclic) bond motifs is 4. The number of hydrogen-bond donors (Lipinski definition) is 5. The monoisotopic (exact) mass is 419 g/mol. The van der Waals surface area contributed by atoms with Crippen LogP contribution < -0.4 is 26.3 Å². The number of aliphatic imine (C=N–C) groups is 1. The summed E-state index contributed by atoms with van der Waals surface area (Å²) in [5.41, 5.74) is 12.0. The SMILES string of the molecule is O=C1COc2ccc(NCC3CCC(C4=C5c6cc[nH]c6N=CN5NN4)CC3)cc2N1. The minimum Gasteiger partial charge on any atom is -0.482 e. The summed E-state index contributed by atoms with van der Waals surface area (Å²) in [6, 6.07) is 7.96. The fraction of sp³-hybridized carbons (Fsp3) is 0.364. The van der Waals surface area contributed by atoms with E-state index >= 15 is 0 Å². The van der Waals surface area contributed by atoms with Crippen LogP contribution in [0.15, 0.2) is 41.2 Å². The van der Waals surface area contributed by atoms with Gasteiger partial charge in [-0.1, -0.05) is 0 Å². The predicted molar refractivity (Wildman–Crippen MR) is 118 cm³/mol. The molecule has 0 spiro atoms. The number of aromatic amines is 1. The van der Waals surface area contributed by atoms with Gasteiger partial charge in [0.15, 0.2) is 6.61 Å². The van der Waals surface area contributed by atoms with Gasteiger partial charge in [0.2, 0.25) is 0 Å². The molecule has 1 aliphatic carbocycles. The molecule has 1 aromatic heterocycles. The number of H-pyrrole nitrogens is 1. The smallest absolute Gasteiger partial charge is 0.262 e. The molecule has 31 heavy (non-hydrogen) atoms. The van der Waals surface area contributed by atoms with E-state index in [4.69, 9.17) is 4.74 Å². The summed E-state index contributed by atoms with van der Waals surface area (Å²) >= 11 is 0. The maximum atomic E-state index is 11.5. The number of amides is 1. The van der Waals surface area contributed by atoms with E-state index in [0.29, 0.717) is 11.8 Å². The molecule has 9 nitrogen and oxygen atoms in total. The highest BCUT2D eigenvalue weighted by atomic mass is 16.5. The minimum absolute atomic E-state index is 0.0848. The van der Waals surface area contributed by atoms with Gasteiger partial charge < -0.3 is 25.8 Å². The molecule has 0 atom stereocenters. The number of allylic oxidation sites excluding steroid dienone is 1. The predicted octanol–water partition coefficient (Wildman–Crippen LogP) is 2.93. The van der Waals surface area contributed by atoms with Crippen molar-refractivity contribution in [3.63, 3.8) is 0 Å². The van der Waals surface area contributed by atoms with Gasteiger partial charge in [-0.05, 0) is 55.9 Å². The zero-order valence-electron chi connectivity index (χ0n) is 17.1. The molecule has 0 bridgehead atoms. The molecule has 0 radical (unpaired) electrons. The number of benzene rings is 1. The van der Waals surface area contributed by atoms with Crippen LogP contribution in [0.3, 0.4) is 0 Å². The Morgan fingerprint density at radius 2 is 2.10 bits per heavy atom. The van der Waals surface area contributed by atoms with Crippen LogP contribution in [0.2, 0.25) is 0 Å². The van der Waals surface area contributed by atoms with Crippen molar-refractivity contribution in [2.75, 3.05) is 23.8 Å². The molecule has 1 amide bonds. The molecule has 4 aliphatic rings. The van der Waals surface area contributed by atoms with Crippen molar-refractivity contribution < 1.29 is 9.53 Å². The van der Waals surface area contributed by atoms with Crippen LogP contribution >= 0.6 is 0 Å². The molecule has 2 aromatic rings. The van der Waals surface area contributed by atoms with E-state index in [2.05, 4.69) is 37.6 Å². The highest BCUT2D eigenvalue weighted by Crippen LogP contribution is 2.41. The first-order valence-corrected chi connectivity index (χ1v) is 10.8. The highest BCUT2D eigenvalue weighted by Gasteiger charge is 2.34. The number of aromatic nitrogens is 1. The molecule has 1 saturated carbocycles. The van der Waals surface area contributed by atoms with Crippen molar-refractivity contribution >= 4 is 35.1 Å². The summed E-state index contributed by atoms with van der Waals surface area (Å²) in [5.74, 6) is 2.67.